The van der Waals surface area contributed by atoms with Crippen molar-refractivity contribution in [2.45, 2.75) is 18.7 Å². The van der Waals surface area contributed by atoms with Crippen LogP contribution in [-0.2, 0) is 10.0 Å². The third kappa shape index (κ3) is 3.74. The number of amides is 1. The molecule has 1 N–H and O–H groups in total. The monoisotopic (exact) mass is 401 g/mol. The Morgan fingerprint density at radius 3 is 2.54 bits per heavy atom. The molecular weight excluding hydrogens is 381 g/mol. The summed E-state index contributed by atoms with van der Waals surface area (Å²) in [6.45, 7) is 3.98. The van der Waals surface area contributed by atoms with Crippen molar-refractivity contribution in [2.75, 3.05) is 18.4 Å². The standard InChI is InChI=1S/C20H20FN3O3S/c1-3-24(4-2)28(26,27)15-10-11-17(21)16(13-15)20(25)23-18-9-5-7-14-8-6-12-22-19(14)18/h5-13H,3-4H2,1-2H3,(H,23,25). The first-order valence-corrected chi connectivity index (χ1v) is 10.3. The van der Waals surface area contributed by atoms with Gasteiger partial charge in [-0.3, -0.25) is 9.78 Å². The van der Waals surface area contributed by atoms with Crippen molar-refractivity contribution in [3.05, 3.63) is 66.1 Å². The third-order valence-electron chi connectivity index (χ3n) is 4.41. The molecule has 1 aromatic heterocycles. The van der Waals surface area contributed by atoms with Crippen LogP contribution in [0, 0.1) is 5.82 Å². The van der Waals surface area contributed by atoms with Crippen LogP contribution in [0.5, 0.6) is 0 Å². The van der Waals surface area contributed by atoms with Crippen molar-refractivity contribution in [3.63, 3.8) is 0 Å². The van der Waals surface area contributed by atoms with E-state index in [0.29, 0.717) is 11.2 Å². The van der Waals surface area contributed by atoms with Gasteiger partial charge >= 0.3 is 0 Å². The van der Waals surface area contributed by atoms with Crippen LogP contribution in [0.1, 0.15) is 24.2 Å². The summed E-state index contributed by atoms with van der Waals surface area (Å²) in [5.74, 6) is -1.54. The number of aromatic nitrogens is 1. The molecule has 0 bridgehead atoms. The van der Waals surface area contributed by atoms with E-state index in [1.807, 2.05) is 12.1 Å². The lowest BCUT2D eigenvalue weighted by molar-refractivity contribution is 0.102. The number of carbonyl (C=O) groups is 1. The first-order valence-electron chi connectivity index (χ1n) is 8.83. The van der Waals surface area contributed by atoms with Gasteiger partial charge in [0.2, 0.25) is 10.0 Å². The number of para-hydroxylation sites is 1. The normalized spacial score (nSPS) is 11.7. The molecule has 0 saturated heterocycles. The van der Waals surface area contributed by atoms with Gasteiger partial charge in [0.25, 0.3) is 5.91 Å². The first-order chi connectivity index (χ1) is 13.4. The second-order valence-corrected chi connectivity index (χ2v) is 8.00. The maximum atomic E-state index is 14.3. The highest BCUT2D eigenvalue weighted by Gasteiger charge is 2.24. The molecule has 0 atom stereocenters. The second kappa shape index (κ2) is 8.04. The molecule has 0 fully saturated rings. The highest BCUT2D eigenvalue weighted by molar-refractivity contribution is 7.89. The molecule has 3 rings (SSSR count). The number of nitrogens with one attached hydrogen (secondary N) is 1. The van der Waals surface area contributed by atoms with E-state index in [2.05, 4.69) is 10.3 Å². The van der Waals surface area contributed by atoms with E-state index in [1.54, 1.807) is 38.2 Å². The van der Waals surface area contributed by atoms with Gasteiger partial charge in [-0.1, -0.05) is 32.0 Å². The fourth-order valence-corrected chi connectivity index (χ4v) is 4.43. The molecule has 0 aliphatic carbocycles. The van der Waals surface area contributed by atoms with Gasteiger partial charge in [-0.05, 0) is 30.3 Å². The Balaban J connectivity index is 1.98. The molecule has 0 saturated carbocycles. The predicted molar refractivity (Wildman–Crippen MR) is 106 cm³/mol. The Labute approximate surface area is 163 Å². The van der Waals surface area contributed by atoms with Crippen LogP contribution in [0.15, 0.2) is 59.6 Å². The number of fused-ring (bicyclic) bond motifs is 1. The molecule has 1 heterocycles. The number of halogens is 1. The average molecular weight is 401 g/mol. The first kappa shape index (κ1) is 19.9. The summed E-state index contributed by atoms with van der Waals surface area (Å²) in [6.07, 6.45) is 1.59. The Morgan fingerprint density at radius 1 is 1.11 bits per heavy atom. The molecule has 3 aromatic rings. The molecule has 0 radical (unpaired) electrons. The number of sulfonamides is 1. The van der Waals surface area contributed by atoms with Gasteiger partial charge < -0.3 is 5.32 Å². The molecule has 0 aliphatic heterocycles. The van der Waals surface area contributed by atoms with Crippen molar-refractivity contribution in [1.82, 2.24) is 9.29 Å². The van der Waals surface area contributed by atoms with Crippen LogP contribution in [-0.4, -0.2) is 36.7 Å². The molecule has 0 spiro atoms. The molecule has 6 nitrogen and oxygen atoms in total. The van der Waals surface area contributed by atoms with E-state index in [1.165, 1.54) is 10.4 Å². The molecule has 1 amide bonds. The fraction of sp³-hybridized carbons (Fsp3) is 0.200. The zero-order valence-electron chi connectivity index (χ0n) is 15.5. The number of nitrogens with zero attached hydrogens (tertiary/aromatic N) is 2. The minimum absolute atomic E-state index is 0.126. The van der Waals surface area contributed by atoms with Crippen LogP contribution in [0.4, 0.5) is 10.1 Å². The molecule has 0 unspecified atom stereocenters. The number of hydrogen-bond acceptors (Lipinski definition) is 4. The summed E-state index contributed by atoms with van der Waals surface area (Å²) in [5, 5.41) is 3.45. The summed E-state index contributed by atoms with van der Waals surface area (Å²) in [5.41, 5.74) is 0.631. The van der Waals surface area contributed by atoms with Crippen molar-refractivity contribution in [2.24, 2.45) is 0 Å². The summed E-state index contributed by atoms with van der Waals surface area (Å²) in [4.78, 5) is 16.8. The topological polar surface area (TPSA) is 79.4 Å². The molecule has 2 aromatic carbocycles. The van der Waals surface area contributed by atoms with E-state index >= 15 is 0 Å². The van der Waals surface area contributed by atoms with Gasteiger partial charge in [-0.2, -0.15) is 4.31 Å². The third-order valence-corrected chi connectivity index (χ3v) is 6.45. The highest BCUT2D eigenvalue weighted by atomic mass is 32.2. The number of pyridine rings is 1. The van der Waals surface area contributed by atoms with Gasteiger partial charge in [0.05, 0.1) is 21.7 Å². The summed E-state index contributed by atoms with van der Waals surface area (Å²) in [6, 6.07) is 12.1. The summed E-state index contributed by atoms with van der Waals surface area (Å²) in [7, 11) is -3.81. The molecule has 8 heteroatoms. The number of anilines is 1. The van der Waals surface area contributed by atoms with Crippen molar-refractivity contribution in [1.29, 1.82) is 0 Å². The van der Waals surface area contributed by atoms with Crippen LogP contribution in [0.25, 0.3) is 10.9 Å². The van der Waals surface area contributed by atoms with E-state index < -0.39 is 21.7 Å². The van der Waals surface area contributed by atoms with Crippen LogP contribution >= 0.6 is 0 Å². The zero-order valence-corrected chi connectivity index (χ0v) is 16.3. The maximum absolute atomic E-state index is 14.3. The minimum atomic E-state index is -3.81. The molecular formula is C20H20FN3O3S. The van der Waals surface area contributed by atoms with E-state index in [4.69, 9.17) is 0 Å². The Kier molecular flexibility index (Phi) is 5.71. The maximum Gasteiger partial charge on any atom is 0.258 e. The van der Waals surface area contributed by atoms with Gasteiger partial charge in [-0.25, -0.2) is 12.8 Å². The van der Waals surface area contributed by atoms with Crippen molar-refractivity contribution in [3.8, 4) is 0 Å². The zero-order chi connectivity index (χ0) is 20.3. The number of benzene rings is 2. The van der Waals surface area contributed by atoms with Gasteiger partial charge in [-0.15, -0.1) is 0 Å². The van der Waals surface area contributed by atoms with Gasteiger partial charge in [0.15, 0.2) is 0 Å². The van der Waals surface area contributed by atoms with Crippen LogP contribution in [0.3, 0.4) is 0 Å². The van der Waals surface area contributed by atoms with E-state index in [-0.39, 0.29) is 23.5 Å². The van der Waals surface area contributed by atoms with Crippen LogP contribution in [0.2, 0.25) is 0 Å². The number of hydrogen-bond donors (Lipinski definition) is 1. The second-order valence-electron chi connectivity index (χ2n) is 6.07. The summed E-state index contributed by atoms with van der Waals surface area (Å²) < 4.78 is 40.9. The van der Waals surface area contributed by atoms with Crippen molar-refractivity contribution >= 4 is 32.5 Å². The fourth-order valence-electron chi connectivity index (χ4n) is 2.95. The van der Waals surface area contributed by atoms with Gasteiger partial charge in [0, 0.05) is 24.7 Å². The number of carbonyl (C=O) groups excluding carboxylic acids is 1. The van der Waals surface area contributed by atoms with Crippen LogP contribution < -0.4 is 5.32 Å². The Hall–Kier alpha value is -2.84. The van der Waals surface area contributed by atoms with Gasteiger partial charge in [0.1, 0.15) is 5.82 Å². The summed E-state index contributed by atoms with van der Waals surface area (Å²) >= 11 is 0. The highest BCUT2D eigenvalue weighted by Crippen LogP contribution is 2.23. The lowest BCUT2D eigenvalue weighted by Gasteiger charge is -2.19. The molecule has 146 valence electrons. The van der Waals surface area contributed by atoms with Crippen molar-refractivity contribution < 1.29 is 17.6 Å². The largest absolute Gasteiger partial charge is 0.320 e. The Bertz CT molecular complexity index is 1120. The van der Waals surface area contributed by atoms with E-state index in [9.17, 15) is 17.6 Å². The quantitative estimate of drug-likeness (QED) is 0.684. The van der Waals surface area contributed by atoms with E-state index in [0.717, 1.165) is 17.5 Å². The average Bonchev–Trinajstić information content (AvgIpc) is 2.69. The Morgan fingerprint density at radius 2 is 1.82 bits per heavy atom. The molecule has 28 heavy (non-hydrogen) atoms. The minimum Gasteiger partial charge on any atom is -0.320 e. The smallest absolute Gasteiger partial charge is 0.258 e. The SMILES string of the molecule is CCN(CC)S(=O)(=O)c1ccc(F)c(C(=O)Nc2cccc3cccnc23)c1. The predicted octanol–water partition coefficient (Wildman–Crippen LogP) is 3.66. The lowest BCUT2D eigenvalue weighted by atomic mass is 10.1. The number of rotatable bonds is 6. The molecule has 0 aliphatic rings. The lowest BCUT2D eigenvalue weighted by Crippen LogP contribution is -2.31.